The largest absolute Gasteiger partial charge is 0.393 e. The summed E-state index contributed by atoms with van der Waals surface area (Å²) in [6.07, 6.45) is 7.54. The first-order chi connectivity index (χ1) is 8.31. The van der Waals surface area contributed by atoms with E-state index >= 15 is 0 Å². The first-order valence-electron chi connectivity index (χ1n) is 7.71. The standard InChI is InChI=1S/C16H28O2/c1-11-13(17)5-7-15(3)6-4-12(10-16(11,15)18)14(2)8-9-14/h11-13,17-18H,4-10H2,1-3H3/t11-,12+,13+,15+,16+/m0/s1. The van der Waals surface area contributed by atoms with Crippen LogP contribution in [0.2, 0.25) is 0 Å². The van der Waals surface area contributed by atoms with Gasteiger partial charge in [-0.25, -0.2) is 0 Å². The molecular formula is C16H28O2. The Hall–Kier alpha value is -0.0800. The molecule has 0 bridgehead atoms. The van der Waals surface area contributed by atoms with Gasteiger partial charge in [0.25, 0.3) is 0 Å². The van der Waals surface area contributed by atoms with Crippen LogP contribution in [0.25, 0.3) is 0 Å². The van der Waals surface area contributed by atoms with E-state index in [1.807, 2.05) is 0 Å². The number of aliphatic hydroxyl groups excluding tert-OH is 1. The minimum atomic E-state index is -0.640. The molecule has 0 aromatic carbocycles. The second-order valence-electron chi connectivity index (χ2n) is 7.97. The van der Waals surface area contributed by atoms with E-state index < -0.39 is 5.60 Å². The Labute approximate surface area is 111 Å². The molecule has 0 amide bonds. The van der Waals surface area contributed by atoms with E-state index in [9.17, 15) is 10.2 Å². The molecule has 3 fully saturated rings. The van der Waals surface area contributed by atoms with Crippen LogP contribution in [-0.4, -0.2) is 21.9 Å². The van der Waals surface area contributed by atoms with Crippen molar-refractivity contribution in [2.45, 2.75) is 77.4 Å². The highest BCUT2D eigenvalue weighted by atomic mass is 16.3. The third-order valence-electron chi connectivity index (χ3n) is 6.99. The van der Waals surface area contributed by atoms with Gasteiger partial charge in [-0.2, -0.15) is 0 Å². The third kappa shape index (κ3) is 1.61. The normalized spacial score (nSPS) is 54.8. The lowest BCUT2D eigenvalue weighted by molar-refractivity contribution is -0.210. The van der Waals surface area contributed by atoms with Crippen molar-refractivity contribution in [1.82, 2.24) is 0 Å². The first kappa shape index (κ1) is 12.9. The molecule has 0 aromatic heterocycles. The molecule has 2 N–H and O–H groups in total. The molecule has 0 heterocycles. The average Bonchev–Trinajstić information content (AvgIpc) is 3.07. The summed E-state index contributed by atoms with van der Waals surface area (Å²) >= 11 is 0. The maximum Gasteiger partial charge on any atom is 0.0753 e. The molecule has 0 aromatic rings. The summed E-state index contributed by atoms with van der Waals surface area (Å²) < 4.78 is 0. The topological polar surface area (TPSA) is 40.5 Å². The van der Waals surface area contributed by atoms with Crippen molar-refractivity contribution in [2.75, 3.05) is 0 Å². The summed E-state index contributed by atoms with van der Waals surface area (Å²) in [6.45, 7) is 6.69. The number of fused-ring (bicyclic) bond motifs is 1. The molecule has 2 heteroatoms. The van der Waals surface area contributed by atoms with Crippen LogP contribution < -0.4 is 0 Å². The van der Waals surface area contributed by atoms with Gasteiger partial charge in [0.1, 0.15) is 0 Å². The summed E-state index contributed by atoms with van der Waals surface area (Å²) in [5.74, 6) is 0.699. The maximum absolute atomic E-state index is 11.3. The average molecular weight is 252 g/mol. The molecule has 0 unspecified atom stereocenters. The van der Waals surface area contributed by atoms with Crippen LogP contribution in [0.3, 0.4) is 0 Å². The quantitative estimate of drug-likeness (QED) is 0.753. The van der Waals surface area contributed by atoms with Gasteiger partial charge >= 0.3 is 0 Å². The fourth-order valence-corrected chi connectivity index (χ4v) is 4.75. The minimum absolute atomic E-state index is 0.0291. The summed E-state index contributed by atoms with van der Waals surface area (Å²) in [5, 5.41) is 21.4. The predicted octanol–water partition coefficient (Wildman–Crippen LogP) is 3.11. The zero-order chi connectivity index (χ0) is 13.2. The van der Waals surface area contributed by atoms with E-state index in [-0.39, 0.29) is 17.4 Å². The van der Waals surface area contributed by atoms with Crippen LogP contribution in [0.5, 0.6) is 0 Å². The van der Waals surface area contributed by atoms with E-state index in [0.29, 0.717) is 11.3 Å². The molecule has 0 saturated heterocycles. The predicted molar refractivity (Wildman–Crippen MR) is 72.1 cm³/mol. The molecular weight excluding hydrogens is 224 g/mol. The monoisotopic (exact) mass is 252 g/mol. The van der Waals surface area contributed by atoms with Gasteiger partial charge in [-0.3, -0.25) is 0 Å². The van der Waals surface area contributed by atoms with Gasteiger partial charge in [0.15, 0.2) is 0 Å². The number of rotatable bonds is 1. The Morgan fingerprint density at radius 1 is 1.00 bits per heavy atom. The van der Waals surface area contributed by atoms with E-state index in [1.165, 1.54) is 19.3 Å². The number of hydrogen-bond donors (Lipinski definition) is 2. The van der Waals surface area contributed by atoms with Gasteiger partial charge in [-0.05, 0) is 61.7 Å². The summed E-state index contributed by atoms with van der Waals surface area (Å²) in [6, 6.07) is 0. The van der Waals surface area contributed by atoms with Crippen molar-refractivity contribution >= 4 is 0 Å². The Bertz CT molecular complexity index is 349. The van der Waals surface area contributed by atoms with Crippen molar-refractivity contribution in [3.63, 3.8) is 0 Å². The van der Waals surface area contributed by atoms with Gasteiger partial charge in [-0.1, -0.05) is 20.8 Å². The Morgan fingerprint density at radius 3 is 2.22 bits per heavy atom. The molecule has 5 atom stereocenters. The highest BCUT2D eigenvalue weighted by Gasteiger charge is 2.60. The molecule has 3 saturated carbocycles. The second kappa shape index (κ2) is 3.73. The van der Waals surface area contributed by atoms with Gasteiger partial charge < -0.3 is 10.2 Å². The van der Waals surface area contributed by atoms with Crippen molar-refractivity contribution < 1.29 is 10.2 Å². The molecule has 0 spiro atoms. The summed E-state index contributed by atoms with van der Waals surface area (Å²) in [5.41, 5.74) is -0.105. The maximum atomic E-state index is 11.3. The molecule has 3 aliphatic carbocycles. The number of aliphatic hydroxyl groups is 2. The van der Waals surface area contributed by atoms with E-state index in [0.717, 1.165) is 25.7 Å². The molecule has 104 valence electrons. The zero-order valence-corrected chi connectivity index (χ0v) is 12.1. The van der Waals surface area contributed by atoms with Gasteiger partial charge in [-0.15, -0.1) is 0 Å². The fourth-order valence-electron chi connectivity index (χ4n) is 4.75. The Balaban J connectivity index is 1.88. The summed E-state index contributed by atoms with van der Waals surface area (Å²) in [7, 11) is 0. The van der Waals surface area contributed by atoms with Crippen LogP contribution in [0, 0.1) is 22.7 Å². The van der Waals surface area contributed by atoms with Crippen LogP contribution in [0.15, 0.2) is 0 Å². The van der Waals surface area contributed by atoms with Gasteiger partial charge in [0.05, 0.1) is 11.7 Å². The smallest absolute Gasteiger partial charge is 0.0753 e. The number of hydrogen-bond acceptors (Lipinski definition) is 2. The molecule has 18 heavy (non-hydrogen) atoms. The van der Waals surface area contributed by atoms with E-state index in [1.54, 1.807) is 0 Å². The zero-order valence-electron chi connectivity index (χ0n) is 12.1. The second-order valence-corrected chi connectivity index (χ2v) is 7.97. The van der Waals surface area contributed by atoms with Crippen LogP contribution >= 0.6 is 0 Å². The third-order valence-corrected chi connectivity index (χ3v) is 6.99. The molecule has 2 nitrogen and oxygen atoms in total. The highest BCUT2D eigenvalue weighted by molar-refractivity contribution is 5.11. The van der Waals surface area contributed by atoms with Crippen molar-refractivity contribution in [2.24, 2.45) is 22.7 Å². The lowest BCUT2D eigenvalue weighted by Crippen LogP contribution is -2.61. The van der Waals surface area contributed by atoms with Crippen molar-refractivity contribution in [3.8, 4) is 0 Å². The molecule has 0 radical (unpaired) electrons. The Kier molecular flexibility index (Phi) is 2.68. The summed E-state index contributed by atoms with van der Waals surface area (Å²) in [4.78, 5) is 0. The van der Waals surface area contributed by atoms with Crippen LogP contribution in [0.1, 0.15) is 65.7 Å². The lowest BCUT2D eigenvalue weighted by atomic mass is 9.50. The van der Waals surface area contributed by atoms with Gasteiger partial charge in [0.2, 0.25) is 0 Å². The van der Waals surface area contributed by atoms with Crippen LogP contribution in [0.4, 0.5) is 0 Å². The SMILES string of the molecule is C[C@H]1[C@H](O)CC[C@@]2(C)CC[C@@H](C3(C)CC3)C[C@@]12O. The van der Waals surface area contributed by atoms with Crippen molar-refractivity contribution in [3.05, 3.63) is 0 Å². The molecule has 0 aliphatic heterocycles. The van der Waals surface area contributed by atoms with Crippen molar-refractivity contribution in [1.29, 1.82) is 0 Å². The lowest BCUT2D eigenvalue weighted by Gasteiger charge is -2.59. The fraction of sp³-hybridized carbons (Fsp3) is 1.00. The molecule has 3 rings (SSSR count). The molecule has 3 aliphatic rings. The van der Waals surface area contributed by atoms with E-state index in [2.05, 4.69) is 20.8 Å². The van der Waals surface area contributed by atoms with E-state index in [4.69, 9.17) is 0 Å². The first-order valence-corrected chi connectivity index (χ1v) is 7.71. The van der Waals surface area contributed by atoms with Crippen LogP contribution in [-0.2, 0) is 0 Å². The van der Waals surface area contributed by atoms with Gasteiger partial charge in [0, 0.05) is 5.92 Å². The minimum Gasteiger partial charge on any atom is -0.393 e. The Morgan fingerprint density at radius 2 is 1.61 bits per heavy atom. The highest BCUT2D eigenvalue weighted by Crippen LogP contribution is 2.63.